The van der Waals surface area contributed by atoms with Gasteiger partial charge in [0, 0.05) is 0 Å². The zero-order valence-corrected chi connectivity index (χ0v) is 9.25. The van der Waals surface area contributed by atoms with Crippen molar-refractivity contribution in [2.75, 3.05) is 0 Å². The van der Waals surface area contributed by atoms with E-state index in [4.69, 9.17) is 5.11 Å². The van der Waals surface area contributed by atoms with Crippen LogP contribution >= 0.6 is 23.1 Å². The lowest BCUT2D eigenvalue weighted by atomic mass is 10.2. The maximum atomic E-state index is 10.8. The molecule has 5 heteroatoms. The molecule has 1 N–H and O–H groups in total. The maximum absolute atomic E-state index is 10.8. The van der Waals surface area contributed by atoms with Gasteiger partial charge in [-0.1, -0.05) is 11.8 Å². The Morgan fingerprint density at radius 1 is 1.69 bits per heavy atom. The number of rotatable bonds is 3. The number of nitrogens with zero attached hydrogens (tertiary/aromatic N) is 1. The van der Waals surface area contributed by atoms with Gasteiger partial charge >= 0.3 is 5.97 Å². The molecule has 0 aromatic carbocycles. The Morgan fingerprint density at radius 2 is 2.31 bits per heavy atom. The monoisotopic (exact) mass is 216 g/mol. The average Bonchev–Trinajstić information content (AvgIpc) is 2.34. The predicted molar refractivity (Wildman–Crippen MR) is 53.3 cm³/mol. The molecule has 0 atom stereocenters. The Morgan fingerprint density at radius 3 is 2.69 bits per heavy atom. The van der Waals surface area contributed by atoms with Gasteiger partial charge in [0.2, 0.25) is 0 Å². The van der Waals surface area contributed by atoms with Crippen molar-refractivity contribution in [3.05, 3.63) is 11.1 Å². The standard InChI is InChI=1S/C8H10NO2S2/c1-5-4-12-7(9-5)13-8(2,3)6(10)11/h1-3H3,(H,10,11). The van der Waals surface area contributed by atoms with E-state index >= 15 is 0 Å². The van der Waals surface area contributed by atoms with E-state index in [1.807, 2.05) is 6.92 Å². The van der Waals surface area contributed by atoms with E-state index in [1.54, 1.807) is 13.8 Å². The number of thiazole rings is 1. The normalized spacial score (nSPS) is 11.6. The zero-order valence-electron chi connectivity index (χ0n) is 7.62. The van der Waals surface area contributed by atoms with Gasteiger partial charge in [0.25, 0.3) is 0 Å². The number of carbonyl (C=O) groups is 1. The van der Waals surface area contributed by atoms with Gasteiger partial charge in [0.15, 0.2) is 4.34 Å². The fourth-order valence-corrected chi connectivity index (χ4v) is 2.69. The van der Waals surface area contributed by atoms with Gasteiger partial charge < -0.3 is 5.11 Å². The Balaban J connectivity index is 2.74. The first-order chi connectivity index (χ1) is 5.92. The first kappa shape index (κ1) is 10.5. The van der Waals surface area contributed by atoms with Gasteiger partial charge in [0.1, 0.15) is 4.75 Å². The number of hydrogen-bond donors (Lipinski definition) is 1. The van der Waals surface area contributed by atoms with E-state index < -0.39 is 10.7 Å². The lowest BCUT2D eigenvalue weighted by Crippen LogP contribution is -2.26. The summed E-state index contributed by atoms with van der Waals surface area (Å²) in [6.45, 7) is 5.17. The molecule has 0 fully saturated rings. The number of aliphatic carboxylic acids is 1. The van der Waals surface area contributed by atoms with E-state index in [1.165, 1.54) is 23.1 Å². The fraction of sp³-hybridized carbons (Fsp3) is 0.500. The van der Waals surface area contributed by atoms with Crippen LogP contribution < -0.4 is 0 Å². The molecule has 1 aromatic rings. The molecular formula is C8H10NO2S2. The van der Waals surface area contributed by atoms with E-state index in [2.05, 4.69) is 10.4 Å². The Hall–Kier alpha value is -0.550. The summed E-state index contributed by atoms with van der Waals surface area (Å²) in [6.07, 6.45) is 0. The Kier molecular flexibility index (Phi) is 2.98. The predicted octanol–water partition coefficient (Wildman–Crippen LogP) is 2.21. The average molecular weight is 216 g/mol. The van der Waals surface area contributed by atoms with Crippen molar-refractivity contribution in [3.63, 3.8) is 0 Å². The number of thioether (sulfide) groups is 1. The minimum Gasteiger partial charge on any atom is -0.480 e. The first-order valence-electron chi connectivity index (χ1n) is 3.69. The summed E-state index contributed by atoms with van der Waals surface area (Å²) in [5, 5.41) is 11.8. The van der Waals surface area contributed by atoms with Gasteiger partial charge in [0.05, 0.1) is 11.1 Å². The highest BCUT2D eigenvalue weighted by atomic mass is 32.2. The molecule has 3 nitrogen and oxygen atoms in total. The highest BCUT2D eigenvalue weighted by Gasteiger charge is 2.29. The number of hydrogen-bond acceptors (Lipinski definition) is 4. The lowest BCUT2D eigenvalue weighted by molar-refractivity contribution is -0.138. The highest BCUT2D eigenvalue weighted by molar-refractivity contribution is 8.02. The summed E-state index contributed by atoms with van der Waals surface area (Å²) in [7, 11) is 0. The van der Waals surface area contributed by atoms with Crippen LogP contribution in [0, 0.1) is 12.3 Å². The molecule has 0 unspecified atom stereocenters. The molecular weight excluding hydrogens is 206 g/mol. The third kappa shape index (κ3) is 2.70. The molecule has 1 radical (unpaired) electrons. The van der Waals surface area contributed by atoms with E-state index in [0.717, 1.165) is 10.0 Å². The number of aryl methyl sites for hydroxylation is 1. The van der Waals surface area contributed by atoms with Crippen LogP contribution in [0.5, 0.6) is 0 Å². The minimum absolute atomic E-state index is 0.755. The highest BCUT2D eigenvalue weighted by Crippen LogP contribution is 2.34. The SMILES string of the molecule is Cc1[c]sc(SC(C)(C)C(=O)O)n1. The molecule has 0 spiro atoms. The van der Waals surface area contributed by atoms with Crippen molar-refractivity contribution in [1.82, 2.24) is 4.98 Å². The van der Waals surface area contributed by atoms with Crippen molar-refractivity contribution in [2.45, 2.75) is 29.9 Å². The van der Waals surface area contributed by atoms with Crippen LogP contribution in [0.4, 0.5) is 0 Å². The van der Waals surface area contributed by atoms with Crippen molar-refractivity contribution in [2.24, 2.45) is 0 Å². The third-order valence-electron chi connectivity index (χ3n) is 1.40. The van der Waals surface area contributed by atoms with E-state index in [0.29, 0.717) is 0 Å². The number of carboxylic acids is 1. The molecule has 13 heavy (non-hydrogen) atoms. The zero-order chi connectivity index (χ0) is 10.1. The van der Waals surface area contributed by atoms with Crippen molar-refractivity contribution < 1.29 is 9.90 Å². The summed E-state index contributed by atoms with van der Waals surface area (Å²) in [5.74, 6) is -0.828. The third-order valence-corrected chi connectivity index (χ3v) is 3.52. The summed E-state index contributed by atoms with van der Waals surface area (Å²) in [6, 6.07) is 0. The van der Waals surface area contributed by atoms with Crippen LogP contribution in [0.2, 0.25) is 0 Å². The second-order valence-corrected chi connectivity index (χ2v) is 5.75. The van der Waals surface area contributed by atoms with E-state index in [9.17, 15) is 4.79 Å². The second kappa shape index (κ2) is 3.67. The fourth-order valence-electron chi connectivity index (χ4n) is 0.606. The summed E-state index contributed by atoms with van der Waals surface area (Å²) in [4.78, 5) is 14.9. The molecule has 1 heterocycles. The van der Waals surface area contributed by atoms with Crippen molar-refractivity contribution in [1.29, 1.82) is 0 Å². The van der Waals surface area contributed by atoms with Gasteiger partial charge in [-0.05, 0) is 20.8 Å². The van der Waals surface area contributed by atoms with Crippen LogP contribution in [0.15, 0.2) is 4.34 Å². The molecule has 1 rings (SSSR count). The van der Waals surface area contributed by atoms with Crippen molar-refractivity contribution in [3.8, 4) is 0 Å². The van der Waals surface area contributed by atoms with Crippen LogP contribution in [0.25, 0.3) is 0 Å². The Bertz CT molecular complexity index is 320. The quantitative estimate of drug-likeness (QED) is 0.787. The molecule has 0 aliphatic heterocycles. The molecule has 0 saturated heterocycles. The lowest BCUT2D eigenvalue weighted by Gasteiger charge is -2.15. The molecule has 0 aliphatic rings. The first-order valence-corrected chi connectivity index (χ1v) is 5.32. The van der Waals surface area contributed by atoms with E-state index in [-0.39, 0.29) is 0 Å². The topological polar surface area (TPSA) is 50.2 Å². The molecule has 0 aliphatic carbocycles. The second-order valence-electron chi connectivity index (χ2n) is 3.08. The molecule has 1 aromatic heterocycles. The summed E-state index contributed by atoms with van der Waals surface area (Å²) >= 11 is 2.61. The van der Waals surface area contributed by atoms with Crippen LogP contribution in [-0.4, -0.2) is 20.8 Å². The van der Waals surface area contributed by atoms with Crippen LogP contribution in [0.1, 0.15) is 19.5 Å². The largest absolute Gasteiger partial charge is 0.480 e. The summed E-state index contributed by atoms with van der Waals surface area (Å²) < 4.78 is -0.0668. The van der Waals surface area contributed by atoms with Gasteiger partial charge in [-0.25, -0.2) is 4.98 Å². The minimum atomic E-state index is -0.828. The van der Waals surface area contributed by atoms with Crippen LogP contribution in [0.3, 0.4) is 0 Å². The Labute approximate surface area is 85.2 Å². The van der Waals surface area contributed by atoms with Crippen molar-refractivity contribution >= 4 is 29.1 Å². The molecule has 0 saturated carbocycles. The summed E-state index contributed by atoms with van der Waals surface area (Å²) in [5.41, 5.74) is 0.814. The molecule has 71 valence electrons. The van der Waals surface area contributed by atoms with Gasteiger partial charge in [-0.3, -0.25) is 4.79 Å². The molecule has 0 bridgehead atoms. The maximum Gasteiger partial charge on any atom is 0.319 e. The number of aromatic nitrogens is 1. The van der Waals surface area contributed by atoms with Gasteiger partial charge in [-0.15, -0.1) is 11.3 Å². The molecule has 0 amide bonds. The van der Waals surface area contributed by atoms with Gasteiger partial charge in [-0.2, -0.15) is 0 Å². The smallest absolute Gasteiger partial charge is 0.319 e. The number of carboxylic acid groups (broad SMARTS) is 1. The van der Waals surface area contributed by atoms with Crippen LogP contribution in [-0.2, 0) is 4.79 Å².